The molecule has 0 fully saturated rings. The third kappa shape index (κ3) is 3.60. The van der Waals surface area contributed by atoms with E-state index in [4.69, 9.17) is 9.47 Å². The monoisotopic (exact) mass is 366 g/mol. The number of hydrogen-bond donors (Lipinski definition) is 0. The van der Waals surface area contributed by atoms with Crippen molar-refractivity contribution in [3.63, 3.8) is 0 Å². The first-order valence-corrected chi connectivity index (χ1v) is 9.70. The van der Waals surface area contributed by atoms with Gasteiger partial charge in [0.25, 0.3) is 0 Å². The van der Waals surface area contributed by atoms with E-state index in [0.29, 0.717) is 23.5 Å². The molecule has 0 aliphatic heterocycles. The van der Waals surface area contributed by atoms with E-state index in [0.717, 1.165) is 18.6 Å². The standard InChI is InChI=1S/C24H30O3/c1-7-27-21-15-20-19(23(2,3)12-13-24(20,4)5)14-18(21)22(25)16-8-10-17(26-6)11-9-16/h8-11,14-15H,7,12-13H2,1-6H3. The molecular weight excluding hydrogens is 336 g/mol. The van der Waals surface area contributed by atoms with Gasteiger partial charge in [0.2, 0.25) is 0 Å². The van der Waals surface area contributed by atoms with Crippen molar-refractivity contribution in [2.24, 2.45) is 0 Å². The summed E-state index contributed by atoms with van der Waals surface area (Å²) in [5.41, 5.74) is 3.98. The van der Waals surface area contributed by atoms with Crippen molar-refractivity contribution < 1.29 is 14.3 Å². The highest BCUT2D eigenvalue weighted by atomic mass is 16.5. The van der Waals surface area contributed by atoms with Gasteiger partial charge < -0.3 is 9.47 Å². The topological polar surface area (TPSA) is 35.5 Å². The summed E-state index contributed by atoms with van der Waals surface area (Å²) < 4.78 is 11.1. The van der Waals surface area contributed by atoms with E-state index in [1.165, 1.54) is 11.1 Å². The van der Waals surface area contributed by atoms with Crippen LogP contribution in [0.3, 0.4) is 0 Å². The van der Waals surface area contributed by atoms with Gasteiger partial charge in [0.1, 0.15) is 11.5 Å². The first kappa shape index (κ1) is 19.5. The second-order valence-electron chi connectivity index (χ2n) is 8.65. The number of carbonyl (C=O) groups is 1. The molecule has 0 bridgehead atoms. The smallest absolute Gasteiger partial charge is 0.196 e. The molecular formula is C24H30O3. The van der Waals surface area contributed by atoms with Crippen molar-refractivity contribution in [2.45, 2.75) is 58.3 Å². The lowest BCUT2D eigenvalue weighted by atomic mass is 9.62. The molecule has 2 aromatic rings. The van der Waals surface area contributed by atoms with Crippen LogP contribution in [0.2, 0.25) is 0 Å². The van der Waals surface area contributed by atoms with Crippen LogP contribution < -0.4 is 9.47 Å². The van der Waals surface area contributed by atoms with E-state index < -0.39 is 0 Å². The van der Waals surface area contributed by atoms with Crippen LogP contribution >= 0.6 is 0 Å². The SMILES string of the molecule is CCOc1cc2c(cc1C(=O)c1ccc(OC)cc1)C(C)(C)CCC2(C)C. The number of ether oxygens (including phenoxy) is 2. The van der Waals surface area contributed by atoms with Gasteiger partial charge in [-0.25, -0.2) is 0 Å². The molecule has 0 radical (unpaired) electrons. The van der Waals surface area contributed by atoms with Gasteiger partial charge in [-0.1, -0.05) is 27.7 Å². The predicted molar refractivity (Wildman–Crippen MR) is 109 cm³/mol. The number of fused-ring (bicyclic) bond motifs is 1. The number of carbonyl (C=O) groups excluding carboxylic acids is 1. The molecule has 0 heterocycles. The van der Waals surface area contributed by atoms with Crippen LogP contribution in [0.15, 0.2) is 36.4 Å². The number of ketones is 1. The molecule has 0 unspecified atom stereocenters. The molecule has 2 aromatic carbocycles. The van der Waals surface area contributed by atoms with E-state index in [1.807, 2.05) is 31.2 Å². The minimum Gasteiger partial charge on any atom is -0.497 e. The van der Waals surface area contributed by atoms with Gasteiger partial charge in [-0.3, -0.25) is 4.79 Å². The van der Waals surface area contributed by atoms with Gasteiger partial charge in [0, 0.05) is 5.56 Å². The van der Waals surface area contributed by atoms with Crippen molar-refractivity contribution in [2.75, 3.05) is 13.7 Å². The maximum Gasteiger partial charge on any atom is 0.196 e. The zero-order valence-corrected chi connectivity index (χ0v) is 17.3. The van der Waals surface area contributed by atoms with Crippen LogP contribution in [0.4, 0.5) is 0 Å². The summed E-state index contributed by atoms with van der Waals surface area (Å²) in [5.74, 6) is 1.41. The lowest BCUT2D eigenvalue weighted by Crippen LogP contribution is -2.34. The lowest BCUT2D eigenvalue weighted by Gasteiger charge is -2.42. The molecule has 1 aliphatic rings. The summed E-state index contributed by atoms with van der Waals surface area (Å²) in [6.45, 7) is 11.6. The Morgan fingerprint density at radius 1 is 0.963 bits per heavy atom. The highest BCUT2D eigenvalue weighted by Gasteiger charge is 2.38. The summed E-state index contributed by atoms with van der Waals surface area (Å²) in [4.78, 5) is 13.3. The molecule has 0 aromatic heterocycles. The third-order valence-corrected chi connectivity index (χ3v) is 5.85. The Kier molecular flexibility index (Phi) is 5.07. The Morgan fingerprint density at radius 2 is 1.52 bits per heavy atom. The minimum atomic E-state index is -0.0110. The summed E-state index contributed by atoms with van der Waals surface area (Å²) in [6.07, 6.45) is 2.24. The van der Waals surface area contributed by atoms with Crippen LogP contribution in [-0.2, 0) is 10.8 Å². The van der Waals surface area contributed by atoms with Crippen molar-refractivity contribution in [1.29, 1.82) is 0 Å². The average molecular weight is 367 g/mol. The maximum absolute atomic E-state index is 13.3. The Balaban J connectivity index is 2.15. The average Bonchev–Trinajstić information content (AvgIpc) is 2.65. The molecule has 1 aliphatic carbocycles. The molecule has 27 heavy (non-hydrogen) atoms. The molecule has 0 saturated carbocycles. The Labute approximate surface area is 162 Å². The van der Waals surface area contributed by atoms with E-state index in [2.05, 4.69) is 39.8 Å². The maximum atomic E-state index is 13.3. The number of rotatable bonds is 5. The first-order chi connectivity index (χ1) is 12.7. The number of methoxy groups -OCH3 is 1. The zero-order chi connectivity index (χ0) is 19.8. The van der Waals surface area contributed by atoms with Crippen LogP contribution in [0.25, 0.3) is 0 Å². The van der Waals surface area contributed by atoms with Crippen LogP contribution in [0, 0.1) is 0 Å². The van der Waals surface area contributed by atoms with Gasteiger partial charge in [0.05, 0.1) is 19.3 Å². The van der Waals surface area contributed by atoms with Gasteiger partial charge in [-0.2, -0.15) is 0 Å². The molecule has 0 amide bonds. The van der Waals surface area contributed by atoms with Gasteiger partial charge in [-0.05, 0) is 78.1 Å². The molecule has 3 heteroatoms. The molecule has 0 saturated heterocycles. The minimum absolute atomic E-state index is 0.0110. The molecule has 0 N–H and O–H groups in total. The van der Waals surface area contributed by atoms with Gasteiger partial charge >= 0.3 is 0 Å². The second-order valence-corrected chi connectivity index (χ2v) is 8.65. The summed E-state index contributed by atoms with van der Waals surface area (Å²) in [6, 6.07) is 11.4. The van der Waals surface area contributed by atoms with E-state index >= 15 is 0 Å². The fraction of sp³-hybridized carbons (Fsp3) is 0.458. The van der Waals surface area contributed by atoms with Crippen LogP contribution in [0.1, 0.15) is 74.5 Å². The van der Waals surface area contributed by atoms with E-state index in [9.17, 15) is 4.79 Å². The van der Waals surface area contributed by atoms with Crippen LogP contribution in [0.5, 0.6) is 11.5 Å². The number of hydrogen-bond acceptors (Lipinski definition) is 3. The van der Waals surface area contributed by atoms with E-state index in [1.54, 1.807) is 7.11 Å². The van der Waals surface area contributed by atoms with Gasteiger partial charge in [0.15, 0.2) is 5.78 Å². The second kappa shape index (κ2) is 7.03. The fourth-order valence-corrected chi connectivity index (χ4v) is 3.94. The van der Waals surface area contributed by atoms with Crippen molar-refractivity contribution in [3.05, 3.63) is 58.7 Å². The summed E-state index contributed by atoms with van der Waals surface area (Å²) >= 11 is 0. The van der Waals surface area contributed by atoms with Gasteiger partial charge in [-0.15, -0.1) is 0 Å². The van der Waals surface area contributed by atoms with Crippen molar-refractivity contribution in [1.82, 2.24) is 0 Å². The lowest BCUT2D eigenvalue weighted by molar-refractivity contribution is 0.103. The van der Waals surface area contributed by atoms with Crippen molar-refractivity contribution >= 4 is 5.78 Å². The Bertz CT molecular complexity index is 845. The zero-order valence-electron chi connectivity index (χ0n) is 17.3. The molecule has 0 atom stereocenters. The quantitative estimate of drug-likeness (QED) is 0.639. The van der Waals surface area contributed by atoms with Crippen LogP contribution in [-0.4, -0.2) is 19.5 Å². The molecule has 3 nitrogen and oxygen atoms in total. The summed E-state index contributed by atoms with van der Waals surface area (Å²) in [7, 11) is 1.62. The first-order valence-electron chi connectivity index (χ1n) is 9.70. The highest BCUT2D eigenvalue weighted by molar-refractivity contribution is 6.11. The largest absolute Gasteiger partial charge is 0.497 e. The predicted octanol–water partition coefficient (Wildman–Crippen LogP) is 5.67. The molecule has 0 spiro atoms. The molecule has 3 rings (SSSR count). The number of benzene rings is 2. The third-order valence-electron chi connectivity index (χ3n) is 5.85. The molecule has 144 valence electrons. The van der Waals surface area contributed by atoms with E-state index in [-0.39, 0.29) is 16.6 Å². The van der Waals surface area contributed by atoms with Crippen molar-refractivity contribution in [3.8, 4) is 11.5 Å². The Hall–Kier alpha value is -2.29. The highest BCUT2D eigenvalue weighted by Crippen LogP contribution is 2.47. The fourth-order valence-electron chi connectivity index (χ4n) is 3.94. The Morgan fingerprint density at radius 3 is 2.04 bits per heavy atom. The normalized spacial score (nSPS) is 17.1. The summed E-state index contributed by atoms with van der Waals surface area (Å²) in [5, 5.41) is 0.